The van der Waals surface area contributed by atoms with E-state index in [1.165, 1.54) is 12.1 Å². The van der Waals surface area contributed by atoms with E-state index < -0.39 is 29.5 Å². The van der Waals surface area contributed by atoms with Gasteiger partial charge in [0.15, 0.2) is 5.60 Å². The monoisotopic (exact) mass is 464 g/mol. The molecule has 0 radical (unpaired) electrons. The second-order valence-corrected chi connectivity index (χ2v) is 9.10. The SMILES string of the molecule is O=C(c1cccc2nccnc12)N1CCC2(CC1)O[C@@H]1CC[C@@H](c3cc(F)cc(F)c3)N1C2=O. The second-order valence-electron chi connectivity index (χ2n) is 9.10. The van der Waals surface area contributed by atoms with Crippen LogP contribution in [0.15, 0.2) is 48.8 Å². The Morgan fingerprint density at radius 2 is 1.76 bits per heavy atom. The molecule has 7 nitrogen and oxygen atoms in total. The van der Waals surface area contributed by atoms with E-state index in [1.807, 2.05) is 6.07 Å². The number of likely N-dealkylation sites (tertiary alicyclic amines) is 1. The van der Waals surface area contributed by atoms with Crippen molar-refractivity contribution in [2.24, 2.45) is 0 Å². The summed E-state index contributed by atoms with van der Waals surface area (Å²) in [6.07, 6.45) is 4.65. The number of benzene rings is 2. The lowest BCUT2D eigenvalue weighted by Crippen LogP contribution is -2.51. The fourth-order valence-corrected chi connectivity index (χ4v) is 5.55. The third-order valence-corrected chi connectivity index (χ3v) is 7.18. The number of nitrogens with zero attached hydrogens (tertiary/aromatic N) is 4. The van der Waals surface area contributed by atoms with Gasteiger partial charge in [-0.25, -0.2) is 8.78 Å². The third-order valence-electron chi connectivity index (χ3n) is 7.18. The number of aromatic nitrogens is 2. The highest BCUT2D eigenvalue weighted by molar-refractivity contribution is 6.04. The summed E-state index contributed by atoms with van der Waals surface area (Å²) >= 11 is 0. The molecule has 3 saturated heterocycles. The molecule has 3 aromatic rings. The van der Waals surface area contributed by atoms with Crippen molar-refractivity contribution >= 4 is 22.8 Å². The number of hydrogen-bond acceptors (Lipinski definition) is 5. The molecule has 9 heteroatoms. The average molecular weight is 464 g/mol. The molecular weight excluding hydrogens is 442 g/mol. The number of amides is 2. The second kappa shape index (κ2) is 7.80. The molecule has 0 N–H and O–H groups in total. The van der Waals surface area contributed by atoms with Crippen LogP contribution in [0, 0.1) is 11.6 Å². The maximum atomic E-state index is 13.8. The number of carbonyl (C=O) groups is 2. The van der Waals surface area contributed by atoms with E-state index in [1.54, 1.807) is 34.3 Å². The molecule has 6 rings (SSSR count). The number of para-hydroxylation sites is 1. The predicted molar refractivity (Wildman–Crippen MR) is 117 cm³/mol. The number of fused-ring (bicyclic) bond motifs is 2. The van der Waals surface area contributed by atoms with Gasteiger partial charge in [-0.1, -0.05) is 6.07 Å². The summed E-state index contributed by atoms with van der Waals surface area (Å²) in [6, 6.07) is 8.29. The fourth-order valence-electron chi connectivity index (χ4n) is 5.55. The fraction of sp³-hybridized carbons (Fsp3) is 0.360. The summed E-state index contributed by atoms with van der Waals surface area (Å²) < 4.78 is 33.9. The molecule has 3 aliphatic rings. The Kier molecular flexibility index (Phi) is 4.84. The van der Waals surface area contributed by atoms with Gasteiger partial charge in [-0.15, -0.1) is 0 Å². The molecule has 3 aliphatic heterocycles. The summed E-state index contributed by atoms with van der Waals surface area (Å²) in [4.78, 5) is 38.7. The van der Waals surface area contributed by atoms with Crippen LogP contribution in [0.3, 0.4) is 0 Å². The molecule has 1 aromatic heterocycles. The number of ether oxygens (including phenoxy) is 1. The van der Waals surface area contributed by atoms with E-state index in [4.69, 9.17) is 4.74 Å². The molecule has 34 heavy (non-hydrogen) atoms. The van der Waals surface area contributed by atoms with Gasteiger partial charge < -0.3 is 14.5 Å². The molecule has 2 amide bonds. The lowest BCUT2D eigenvalue weighted by atomic mass is 9.89. The van der Waals surface area contributed by atoms with Crippen LogP contribution in [0.2, 0.25) is 0 Å². The van der Waals surface area contributed by atoms with E-state index in [-0.39, 0.29) is 11.8 Å². The number of rotatable bonds is 2. The Morgan fingerprint density at radius 3 is 2.53 bits per heavy atom. The minimum absolute atomic E-state index is 0.153. The lowest BCUT2D eigenvalue weighted by molar-refractivity contribution is -0.142. The Balaban J connectivity index is 1.20. The average Bonchev–Trinajstić information content (AvgIpc) is 3.36. The number of hydrogen-bond donors (Lipinski definition) is 0. The van der Waals surface area contributed by atoms with Crippen LogP contribution in [0.5, 0.6) is 0 Å². The van der Waals surface area contributed by atoms with E-state index in [0.717, 1.165) is 6.07 Å². The minimum atomic E-state index is -1.01. The maximum absolute atomic E-state index is 13.8. The van der Waals surface area contributed by atoms with Crippen LogP contribution >= 0.6 is 0 Å². The van der Waals surface area contributed by atoms with Crippen LogP contribution in [-0.4, -0.2) is 56.5 Å². The first-order valence-corrected chi connectivity index (χ1v) is 11.4. The summed E-state index contributed by atoms with van der Waals surface area (Å²) in [6.45, 7) is 0.724. The van der Waals surface area contributed by atoms with Gasteiger partial charge in [-0.2, -0.15) is 0 Å². The number of halogens is 2. The standard InChI is InChI=1S/C25H22F2N4O3/c26-16-12-15(13-17(27)14-16)20-4-5-21-31(20)24(33)25(34-21)6-10-30(11-7-25)23(32)18-2-1-3-19-22(18)29-9-8-28-19/h1-3,8-9,12-14,20-21H,4-7,10-11H2/t20-,21+/m0/s1. The Hall–Kier alpha value is -3.46. The summed E-state index contributed by atoms with van der Waals surface area (Å²) in [5, 5.41) is 0. The van der Waals surface area contributed by atoms with Crippen LogP contribution in [0.25, 0.3) is 11.0 Å². The van der Waals surface area contributed by atoms with Crippen molar-refractivity contribution in [3.8, 4) is 0 Å². The molecule has 174 valence electrons. The molecule has 4 heterocycles. The van der Waals surface area contributed by atoms with E-state index in [9.17, 15) is 18.4 Å². The van der Waals surface area contributed by atoms with Gasteiger partial charge in [-0.05, 0) is 42.7 Å². The van der Waals surface area contributed by atoms with Crippen LogP contribution in [0.1, 0.15) is 47.6 Å². The van der Waals surface area contributed by atoms with E-state index in [2.05, 4.69) is 9.97 Å². The van der Waals surface area contributed by atoms with Gasteiger partial charge in [0.25, 0.3) is 11.8 Å². The van der Waals surface area contributed by atoms with Gasteiger partial charge in [0.2, 0.25) is 0 Å². The van der Waals surface area contributed by atoms with Crippen LogP contribution < -0.4 is 0 Å². The Morgan fingerprint density at radius 1 is 1.03 bits per heavy atom. The quantitative estimate of drug-likeness (QED) is 0.579. The van der Waals surface area contributed by atoms with Crippen LogP contribution in [0.4, 0.5) is 8.78 Å². The normalized spacial score (nSPS) is 23.6. The van der Waals surface area contributed by atoms with Gasteiger partial charge in [0.05, 0.1) is 17.1 Å². The number of carbonyl (C=O) groups excluding carboxylic acids is 2. The first-order chi connectivity index (χ1) is 16.4. The van der Waals surface area contributed by atoms with Crippen molar-refractivity contribution in [2.45, 2.75) is 43.6 Å². The van der Waals surface area contributed by atoms with E-state index in [0.29, 0.717) is 60.9 Å². The molecule has 0 bridgehead atoms. The zero-order chi connectivity index (χ0) is 23.4. The molecule has 0 unspecified atom stereocenters. The Labute approximate surface area is 194 Å². The van der Waals surface area contributed by atoms with Crippen molar-refractivity contribution in [3.63, 3.8) is 0 Å². The highest BCUT2D eigenvalue weighted by atomic mass is 19.1. The smallest absolute Gasteiger partial charge is 0.257 e. The maximum Gasteiger partial charge on any atom is 0.257 e. The van der Waals surface area contributed by atoms with Gasteiger partial charge >= 0.3 is 0 Å². The molecular formula is C25H22F2N4O3. The first kappa shape index (κ1) is 21.1. The molecule has 2 atom stereocenters. The zero-order valence-electron chi connectivity index (χ0n) is 18.3. The lowest BCUT2D eigenvalue weighted by Gasteiger charge is -2.37. The molecule has 0 aliphatic carbocycles. The van der Waals surface area contributed by atoms with Crippen LogP contribution in [-0.2, 0) is 9.53 Å². The number of piperidine rings is 1. The summed E-state index contributed by atoms with van der Waals surface area (Å²) in [5.41, 5.74) is 1.11. The molecule has 0 saturated carbocycles. The predicted octanol–water partition coefficient (Wildman–Crippen LogP) is 3.60. The summed E-state index contributed by atoms with van der Waals surface area (Å²) in [7, 11) is 0. The van der Waals surface area contributed by atoms with Crippen molar-refractivity contribution in [1.82, 2.24) is 19.8 Å². The summed E-state index contributed by atoms with van der Waals surface area (Å²) in [5.74, 6) is -1.64. The largest absolute Gasteiger partial charge is 0.342 e. The highest BCUT2D eigenvalue weighted by Gasteiger charge is 2.58. The molecule has 3 fully saturated rings. The Bertz CT molecular complexity index is 1280. The van der Waals surface area contributed by atoms with Crippen molar-refractivity contribution in [3.05, 3.63) is 71.6 Å². The van der Waals surface area contributed by atoms with E-state index >= 15 is 0 Å². The van der Waals surface area contributed by atoms with Gasteiger partial charge in [0.1, 0.15) is 23.4 Å². The van der Waals surface area contributed by atoms with Gasteiger partial charge in [0, 0.05) is 44.4 Å². The third kappa shape index (κ3) is 3.26. The zero-order valence-corrected chi connectivity index (χ0v) is 18.3. The topological polar surface area (TPSA) is 75.6 Å². The van der Waals surface area contributed by atoms with Crippen molar-refractivity contribution in [1.29, 1.82) is 0 Å². The highest BCUT2D eigenvalue weighted by Crippen LogP contribution is 2.47. The van der Waals surface area contributed by atoms with Crippen molar-refractivity contribution in [2.75, 3.05) is 13.1 Å². The molecule has 1 spiro atoms. The van der Waals surface area contributed by atoms with Crippen molar-refractivity contribution < 1.29 is 23.1 Å². The minimum Gasteiger partial charge on any atom is -0.342 e. The molecule has 2 aromatic carbocycles. The first-order valence-electron chi connectivity index (χ1n) is 11.4. The van der Waals surface area contributed by atoms with Gasteiger partial charge in [-0.3, -0.25) is 19.6 Å².